The fourth-order valence-electron chi connectivity index (χ4n) is 2.37. The lowest BCUT2D eigenvalue weighted by Gasteiger charge is -2.13. The molecule has 112 valence electrons. The second kappa shape index (κ2) is 7.57. The van der Waals surface area contributed by atoms with Crippen molar-refractivity contribution in [2.45, 2.75) is 39.0 Å². The standard InChI is InChI=1S/C16H21N3O2/c1-12(20)18-15-9-5-8-14(19-15)16(21)17-11-10-13-6-3-2-4-7-13/h5-6,8-9H,2-4,7,10-11H2,1H3,(H,17,21)(H,18,19,20). The highest BCUT2D eigenvalue weighted by Gasteiger charge is 2.09. The van der Waals surface area contributed by atoms with Crippen LogP contribution in [0.5, 0.6) is 0 Å². The molecular formula is C16H21N3O2. The largest absolute Gasteiger partial charge is 0.350 e. The summed E-state index contributed by atoms with van der Waals surface area (Å²) in [5.74, 6) is -0.0203. The summed E-state index contributed by atoms with van der Waals surface area (Å²) < 4.78 is 0. The first-order valence-electron chi connectivity index (χ1n) is 7.36. The summed E-state index contributed by atoms with van der Waals surface area (Å²) in [6.07, 6.45) is 8.01. The molecule has 0 radical (unpaired) electrons. The molecule has 2 amide bonds. The summed E-state index contributed by atoms with van der Waals surface area (Å²) in [7, 11) is 0. The first-order chi connectivity index (χ1) is 10.1. The molecule has 1 aliphatic rings. The number of pyridine rings is 1. The highest BCUT2D eigenvalue weighted by Crippen LogP contribution is 2.19. The molecule has 0 fully saturated rings. The molecule has 0 spiro atoms. The number of hydrogen-bond acceptors (Lipinski definition) is 3. The van der Waals surface area contributed by atoms with Crippen LogP contribution < -0.4 is 10.6 Å². The molecule has 5 heteroatoms. The van der Waals surface area contributed by atoms with E-state index in [-0.39, 0.29) is 11.8 Å². The first kappa shape index (κ1) is 15.2. The van der Waals surface area contributed by atoms with Gasteiger partial charge in [-0.05, 0) is 44.2 Å². The van der Waals surface area contributed by atoms with Gasteiger partial charge in [0.1, 0.15) is 11.5 Å². The van der Waals surface area contributed by atoms with Gasteiger partial charge in [-0.15, -0.1) is 0 Å². The molecule has 0 saturated carbocycles. The highest BCUT2D eigenvalue weighted by molar-refractivity contribution is 5.93. The van der Waals surface area contributed by atoms with Crippen molar-refractivity contribution in [3.63, 3.8) is 0 Å². The zero-order valence-electron chi connectivity index (χ0n) is 12.3. The van der Waals surface area contributed by atoms with Gasteiger partial charge < -0.3 is 10.6 Å². The van der Waals surface area contributed by atoms with Crippen molar-refractivity contribution in [3.05, 3.63) is 35.5 Å². The maximum absolute atomic E-state index is 12.0. The third-order valence-corrected chi connectivity index (χ3v) is 3.40. The number of allylic oxidation sites excluding steroid dienone is 1. The Bertz CT molecular complexity index is 552. The second-order valence-electron chi connectivity index (χ2n) is 5.20. The first-order valence-corrected chi connectivity index (χ1v) is 7.36. The molecule has 0 aromatic carbocycles. The monoisotopic (exact) mass is 287 g/mol. The van der Waals surface area contributed by atoms with E-state index in [0.29, 0.717) is 18.1 Å². The van der Waals surface area contributed by atoms with E-state index in [1.54, 1.807) is 18.2 Å². The maximum atomic E-state index is 12.0. The maximum Gasteiger partial charge on any atom is 0.269 e. The Morgan fingerprint density at radius 1 is 1.29 bits per heavy atom. The predicted molar refractivity (Wildman–Crippen MR) is 82.0 cm³/mol. The van der Waals surface area contributed by atoms with Crippen molar-refractivity contribution < 1.29 is 9.59 Å². The van der Waals surface area contributed by atoms with Gasteiger partial charge in [-0.2, -0.15) is 0 Å². The molecule has 0 aliphatic heterocycles. The Morgan fingerprint density at radius 2 is 2.14 bits per heavy atom. The molecular weight excluding hydrogens is 266 g/mol. The topological polar surface area (TPSA) is 71.1 Å². The van der Waals surface area contributed by atoms with Gasteiger partial charge in [0.2, 0.25) is 5.91 Å². The van der Waals surface area contributed by atoms with Crippen LogP contribution in [0.1, 0.15) is 49.5 Å². The molecule has 2 N–H and O–H groups in total. The minimum atomic E-state index is -0.210. The van der Waals surface area contributed by atoms with Gasteiger partial charge in [-0.1, -0.05) is 17.7 Å². The van der Waals surface area contributed by atoms with Crippen LogP contribution in [0, 0.1) is 0 Å². The summed E-state index contributed by atoms with van der Waals surface area (Å²) in [6, 6.07) is 5.00. The number of carbonyl (C=O) groups is 2. The zero-order chi connectivity index (χ0) is 15.1. The van der Waals surface area contributed by atoms with E-state index >= 15 is 0 Å². The molecule has 0 saturated heterocycles. The minimum absolute atomic E-state index is 0.204. The van der Waals surface area contributed by atoms with Gasteiger partial charge in [0.15, 0.2) is 0 Å². The molecule has 0 atom stereocenters. The number of carbonyl (C=O) groups excluding carboxylic acids is 2. The molecule has 5 nitrogen and oxygen atoms in total. The quantitative estimate of drug-likeness (QED) is 0.818. The van der Waals surface area contributed by atoms with E-state index in [4.69, 9.17) is 0 Å². The molecule has 1 aromatic heterocycles. The van der Waals surface area contributed by atoms with E-state index in [1.165, 1.54) is 25.3 Å². The Hall–Kier alpha value is -2.17. The van der Waals surface area contributed by atoms with Gasteiger partial charge in [0.05, 0.1) is 0 Å². The van der Waals surface area contributed by atoms with Crippen LogP contribution in [-0.2, 0) is 4.79 Å². The van der Waals surface area contributed by atoms with E-state index in [9.17, 15) is 9.59 Å². The van der Waals surface area contributed by atoms with Gasteiger partial charge in [-0.25, -0.2) is 4.98 Å². The van der Waals surface area contributed by atoms with Crippen LogP contribution >= 0.6 is 0 Å². The molecule has 1 aromatic rings. The number of anilines is 1. The summed E-state index contributed by atoms with van der Waals surface area (Å²) in [6.45, 7) is 2.03. The van der Waals surface area contributed by atoms with E-state index < -0.39 is 0 Å². The van der Waals surface area contributed by atoms with Crippen LogP contribution in [0.4, 0.5) is 5.82 Å². The van der Waals surface area contributed by atoms with Gasteiger partial charge in [-0.3, -0.25) is 9.59 Å². The lowest BCUT2D eigenvalue weighted by atomic mass is 9.97. The van der Waals surface area contributed by atoms with Crippen molar-refractivity contribution >= 4 is 17.6 Å². The number of hydrogen-bond donors (Lipinski definition) is 2. The normalized spacial score (nSPS) is 14.2. The predicted octanol–water partition coefficient (Wildman–Crippen LogP) is 2.66. The highest BCUT2D eigenvalue weighted by atomic mass is 16.2. The number of rotatable bonds is 5. The van der Waals surface area contributed by atoms with E-state index in [2.05, 4.69) is 21.7 Å². The van der Waals surface area contributed by atoms with Crippen LogP contribution in [0.15, 0.2) is 29.8 Å². The summed E-state index contributed by atoms with van der Waals surface area (Å²) in [5, 5.41) is 5.44. The molecule has 2 rings (SSSR count). The van der Waals surface area contributed by atoms with Gasteiger partial charge in [0, 0.05) is 13.5 Å². The number of amides is 2. The lowest BCUT2D eigenvalue weighted by Crippen LogP contribution is -2.26. The van der Waals surface area contributed by atoms with Crippen molar-refractivity contribution in [1.29, 1.82) is 0 Å². The minimum Gasteiger partial charge on any atom is -0.350 e. The molecule has 21 heavy (non-hydrogen) atoms. The fourth-order valence-corrected chi connectivity index (χ4v) is 2.37. The van der Waals surface area contributed by atoms with Crippen LogP contribution in [0.2, 0.25) is 0 Å². The van der Waals surface area contributed by atoms with Crippen LogP contribution in [0.3, 0.4) is 0 Å². The van der Waals surface area contributed by atoms with Crippen LogP contribution in [0.25, 0.3) is 0 Å². The third-order valence-electron chi connectivity index (χ3n) is 3.40. The van der Waals surface area contributed by atoms with E-state index in [0.717, 1.165) is 19.3 Å². The Balaban J connectivity index is 1.85. The van der Waals surface area contributed by atoms with E-state index in [1.807, 2.05) is 0 Å². The zero-order valence-corrected chi connectivity index (χ0v) is 12.3. The van der Waals surface area contributed by atoms with Crippen molar-refractivity contribution in [2.24, 2.45) is 0 Å². The van der Waals surface area contributed by atoms with Gasteiger partial charge >= 0.3 is 0 Å². The van der Waals surface area contributed by atoms with Gasteiger partial charge in [0.25, 0.3) is 5.91 Å². The summed E-state index contributed by atoms with van der Waals surface area (Å²) in [5.41, 5.74) is 1.75. The third kappa shape index (κ3) is 5.02. The summed E-state index contributed by atoms with van der Waals surface area (Å²) >= 11 is 0. The van der Waals surface area contributed by atoms with Crippen molar-refractivity contribution in [3.8, 4) is 0 Å². The second-order valence-corrected chi connectivity index (χ2v) is 5.20. The SMILES string of the molecule is CC(=O)Nc1cccc(C(=O)NCCC2=CCCCC2)n1. The molecule has 0 unspecified atom stereocenters. The van der Waals surface area contributed by atoms with Crippen molar-refractivity contribution in [1.82, 2.24) is 10.3 Å². The molecule has 1 aliphatic carbocycles. The summed E-state index contributed by atoms with van der Waals surface area (Å²) in [4.78, 5) is 27.1. The molecule has 1 heterocycles. The molecule has 0 bridgehead atoms. The number of nitrogens with one attached hydrogen (secondary N) is 2. The fraction of sp³-hybridized carbons (Fsp3) is 0.438. The smallest absolute Gasteiger partial charge is 0.269 e. The van der Waals surface area contributed by atoms with Crippen molar-refractivity contribution in [2.75, 3.05) is 11.9 Å². The average Bonchev–Trinajstić information content (AvgIpc) is 2.48. The number of aromatic nitrogens is 1. The Kier molecular flexibility index (Phi) is 5.49. The average molecular weight is 287 g/mol. The Morgan fingerprint density at radius 3 is 2.86 bits per heavy atom. The Labute approximate surface area is 124 Å². The number of nitrogens with zero attached hydrogens (tertiary/aromatic N) is 1. The van der Waals surface area contributed by atoms with Crippen LogP contribution in [-0.4, -0.2) is 23.3 Å². The lowest BCUT2D eigenvalue weighted by molar-refractivity contribution is -0.114.